The zero-order valence-electron chi connectivity index (χ0n) is 16.2. The number of fused-ring (bicyclic) bond motifs is 2. The van der Waals surface area contributed by atoms with E-state index < -0.39 is 5.82 Å². The maximum Gasteiger partial charge on any atom is 0.191 e. The van der Waals surface area contributed by atoms with Gasteiger partial charge in [-0.2, -0.15) is 10.2 Å². The van der Waals surface area contributed by atoms with Crippen molar-refractivity contribution in [2.24, 2.45) is 0 Å². The largest absolute Gasteiger partial charge is 0.372 e. The Morgan fingerprint density at radius 1 is 1.33 bits per heavy atom. The summed E-state index contributed by atoms with van der Waals surface area (Å²) in [5.74, 6) is -0.115. The second kappa shape index (κ2) is 7.41. The molecule has 1 unspecified atom stereocenters. The molecule has 1 saturated heterocycles. The van der Waals surface area contributed by atoms with E-state index in [0.717, 1.165) is 24.1 Å². The fourth-order valence-electron chi connectivity index (χ4n) is 3.94. The van der Waals surface area contributed by atoms with Crippen LogP contribution >= 0.6 is 11.6 Å². The predicted octanol–water partition coefficient (Wildman–Crippen LogP) is 3.08. The SMILES string of the molecule is Cc1nc2c(F)cc(CC(=O)Cc3cnc4cc(Cl)nn4c3C3CCCO3)cn2n1. The van der Waals surface area contributed by atoms with Gasteiger partial charge in [-0.05, 0) is 31.4 Å². The molecule has 1 aliphatic heterocycles. The number of halogens is 2. The zero-order valence-corrected chi connectivity index (χ0v) is 16.9. The Balaban J connectivity index is 1.45. The average Bonchev–Trinajstić information content (AvgIpc) is 3.40. The lowest BCUT2D eigenvalue weighted by Gasteiger charge is -2.16. The van der Waals surface area contributed by atoms with Crippen molar-refractivity contribution in [3.63, 3.8) is 0 Å². The number of aromatic nitrogens is 6. The van der Waals surface area contributed by atoms with E-state index in [1.807, 2.05) is 0 Å². The molecule has 154 valence electrons. The third-order valence-electron chi connectivity index (χ3n) is 5.15. The van der Waals surface area contributed by atoms with Crippen LogP contribution in [-0.2, 0) is 22.4 Å². The van der Waals surface area contributed by atoms with Crippen molar-refractivity contribution in [3.8, 4) is 0 Å². The molecule has 4 aromatic rings. The summed E-state index contributed by atoms with van der Waals surface area (Å²) in [4.78, 5) is 21.3. The first-order valence-corrected chi connectivity index (χ1v) is 10.0. The van der Waals surface area contributed by atoms with Crippen LogP contribution in [0.1, 0.15) is 41.6 Å². The monoisotopic (exact) mass is 428 g/mol. The van der Waals surface area contributed by atoms with Crippen molar-refractivity contribution < 1.29 is 13.9 Å². The van der Waals surface area contributed by atoms with E-state index in [1.165, 1.54) is 10.6 Å². The van der Waals surface area contributed by atoms with Crippen molar-refractivity contribution in [1.29, 1.82) is 0 Å². The molecular formula is C20H18ClFN6O2. The Kier molecular flexibility index (Phi) is 4.71. The molecule has 1 aliphatic rings. The summed E-state index contributed by atoms with van der Waals surface area (Å²) in [6, 6.07) is 3.00. The minimum Gasteiger partial charge on any atom is -0.372 e. The Hall–Kier alpha value is -2.91. The zero-order chi connectivity index (χ0) is 20.8. The highest BCUT2D eigenvalue weighted by Crippen LogP contribution is 2.31. The van der Waals surface area contributed by atoms with E-state index >= 15 is 0 Å². The highest BCUT2D eigenvalue weighted by atomic mass is 35.5. The molecule has 1 fully saturated rings. The number of aryl methyl sites for hydroxylation is 1. The van der Waals surface area contributed by atoms with Crippen LogP contribution < -0.4 is 0 Å². The topological polar surface area (TPSA) is 86.7 Å². The van der Waals surface area contributed by atoms with E-state index in [-0.39, 0.29) is 30.4 Å². The van der Waals surface area contributed by atoms with Crippen molar-refractivity contribution in [1.82, 2.24) is 29.2 Å². The van der Waals surface area contributed by atoms with Crippen molar-refractivity contribution >= 4 is 28.7 Å². The van der Waals surface area contributed by atoms with Gasteiger partial charge >= 0.3 is 0 Å². The Morgan fingerprint density at radius 2 is 2.20 bits per heavy atom. The molecule has 0 aromatic carbocycles. The van der Waals surface area contributed by atoms with Gasteiger partial charge in [-0.15, -0.1) is 0 Å². The molecule has 0 saturated carbocycles. The van der Waals surface area contributed by atoms with Gasteiger partial charge in [0.15, 0.2) is 22.3 Å². The molecule has 30 heavy (non-hydrogen) atoms. The molecule has 0 amide bonds. The molecule has 5 rings (SSSR count). The first-order valence-electron chi connectivity index (χ1n) is 9.65. The highest BCUT2D eigenvalue weighted by molar-refractivity contribution is 6.29. The van der Waals surface area contributed by atoms with Gasteiger partial charge in [-0.25, -0.2) is 23.4 Å². The lowest BCUT2D eigenvalue weighted by molar-refractivity contribution is -0.117. The minimum absolute atomic E-state index is 0.0641. The van der Waals surface area contributed by atoms with E-state index in [1.54, 1.807) is 29.9 Å². The van der Waals surface area contributed by atoms with Crippen molar-refractivity contribution in [2.45, 2.75) is 38.7 Å². The summed E-state index contributed by atoms with van der Waals surface area (Å²) >= 11 is 6.06. The van der Waals surface area contributed by atoms with E-state index in [4.69, 9.17) is 16.3 Å². The molecule has 0 spiro atoms. The first-order chi connectivity index (χ1) is 14.5. The fourth-order valence-corrected chi connectivity index (χ4v) is 4.11. The number of carbonyl (C=O) groups is 1. The summed E-state index contributed by atoms with van der Waals surface area (Å²) in [6.07, 6.45) is 5.11. The quantitative estimate of drug-likeness (QED) is 0.485. The fraction of sp³-hybridized carbons (Fsp3) is 0.350. The third-order valence-corrected chi connectivity index (χ3v) is 5.33. The van der Waals surface area contributed by atoms with E-state index in [9.17, 15) is 9.18 Å². The smallest absolute Gasteiger partial charge is 0.191 e. The molecule has 0 bridgehead atoms. The predicted molar refractivity (Wildman–Crippen MR) is 106 cm³/mol. The number of pyridine rings is 1. The number of Topliss-reactive ketones (excluding diaryl/α,β-unsaturated/α-hetero) is 1. The second-order valence-electron chi connectivity index (χ2n) is 7.42. The van der Waals surface area contributed by atoms with Gasteiger partial charge in [-0.3, -0.25) is 4.79 Å². The molecule has 8 nitrogen and oxygen atoms in total. The number of nitrogens with zero attached hydrogens (tertiary/aromatic N) is 6. The Labute approximate surface area is 175 Å². The molecule has 0 radical (unpaired) electrons. The van der Waals surface area contributed by atoms with Crippen LogP contribution in [0.15, 0.2) is 24.5 Å². The van der Waals surface area contributed by atoms with E-state index in [0.29, 0.717) is 28.8 Å². The summed E-state index contributed by atoms with van der Waals surface area (Å²) in [7, 11) is 0. The van der Waals surface area contributed by atoms with Crippen LogP contribution in [0.4, 0.5) is 4.39 Å². The third kappa shape index (κ3) is 3.44. The maximum absolute atomic E-state index is 14.3. The Morgan fingerprint density at radius 3 is 3.00 bits per heavy atom. The van der Waals surface area contributed by atoms with Crippen LogP contribution in [0.3, 0.4) is 0 Å². The van der Waals surface area contributed by atoms with Gasteiger partial charge in [0.2, 0.25) is 0 Å². The molecule has 1 atom stereocenters. The van der Waals surface area contributed by atoms with Crippen LogP contribution in [0.5, 0.6) is 0 Å². The van der Waals surface area contributed by atoms with Gasteiger partial charge in [0.05, 0.1) is 11.8 Å². The van der Waals surface area contributed by atoms with Gasteiger partial charge in [0.25, 0.3) is 0 Å². The number of carbonyl (C=O) groups excluding carboxylic acids is 1. The summed E-state index contributed by atoms with van der Waals surface area (Å²) < 4.78 is 23.2. The molecule has 5 heterocycles. The molecule has 0 N–H and O–H groups in total. The number of ketones is 1. The van der Waals surface area contributed by atoms with Gasteiger partial charge < -0.3 is 4.74 Å². The lowest BCUT2D eigenvalue weighted by atomic mass is 10.0. The summed E-state index contributed by atoms with van der Waals surface area (Å²) in [5, 5.41) is 8.78. The number of hydrogen-bond acceptors (Lipinski definition) is 6. The van der Waals surface area contributed by atoms with E-state index in [2.05, 4.69) is 20.2 Å². The van der Waals surface area contributed by atoms with Gasteiger partial charge in [0, 0.05) is 43.5 Å². The second-order valence-corrected chi connectivity index (χ2v) is 7.81. The maximum atomic E-state index is 14.3. The minimum atomic E-state index is -0.504. The van der Waals surface area contributed by atoms with Crippen LogP contribution in [-0.4, -0.2) is 41.6 Å². The molecular weight excluding hydrogens is 411 g/mol. The standard InChI is InChI=1S/C20H18ClFN6O2/c1-11-24-20-15(22)6-12(10-27(20)25-11)5-14(29)7-13-9-23-18-8-17(21)26-28(18)19(13)16-3-2-4-30-16/h6,8-10,16H,2-5,7H2,1H3. The average molecular weight is 429 g/mol. The lowest BCUT2D eigenvalue weighted by Crippen LogP contribution is -2.15. The normalized spacial score (nSPS) is 16.7. The van der Waals surface area contributed by atoms with Crippen molar-refractivity contribution in [2.75, 3.05) is 6.61 Å². The summed E-state index contributed by atoms with van der Waals surface area (Å²) in [5.41, 5.74) is 2.82. The van der Waals surface area contributed by atoms with Crippen molar-refractivity contribution in [3.05, 3.63) is 58.1 Å². The van der Waals surface area contributed by atoms with Gasteiger partial charge in [-0.1, -0.05) is 11.6 Å². The Bertz CT molecular complexity index is 1280. The number of ether oxygens (including phenoxy) is 1. The van der Waals surface area contributed by atoms with Crippen LogP contribution in [0, 0.1) is 12.7 Å². The summed E-state index contributed by atoms with van der Waals surface area (Å²) in [6.45, 7) is 2.35. The first kappa shape index (κ1) is 19.1. The molecule has 10 heteroatoms. The number of hydrogen-bond donors (Lipinski definition) is 0. The molecule has 0 aliphatic carbocycles. The number of rotatable bonds is 5. The molecule has 4 aromatic heterocycles. The van der Waals surface area contributed by atoms with Crippen LogP contribution in [0.2, 0.25) is 5.15 Å². The highest BCUT2D eigenvalue weighted by Gasteiger charge is 2.26. The van der Waals surface area contributed by atoms with Crippen LogP contribution in [0.25, 0.3) is 11.3 Å². The van der Waals surface area contributed by atoms with Gasteiger partial charge in [0.1, 0.15) is 11.6 Å².